The molecule has 1 atom stereocenters. The maximum Gasteiger partial charge on any atom is 0.395 e. The second kappa shape index (κ2) is 11.4. The molecule has 0 radical (unpaired) electrons. The molecule has 47 heavy (non-hydrogen) atoms. The first-order valence-electron chi connectivity index (χ1n) is 14.4. The summed E-state index contributed by atoms with van der Waals surface area (Å²) in [6.07, 6.45) is -2.84. The largest absolute Gasteiger partial charge is 0.395 e. The summed E-state index contributed by atoms with van der Waals surface area (Å²) >= 11 is 0. The summed E-state index contributed by atoms with van der Waals surface area (Å²) in [5, 5.41) is 34.6. The molecule has 0 amide bonds. The standard InChI is InChI=1S/C32H25F6N9/c1-30(2,32(36,37)38)16-43-26-18(13-40)14-42-25-17(12-39)10-19(11-22(25)26)44-28(21-5-6-23(33)27-20(21)4-3-9-41-27)24-15-47(46-45-24)31(7-8-31)29(34)35/h3-6,9-11,14-15,28-29,44H,7-8,16H2,1-2H3,(H,42,43). The SMILES string of the molecule is CC(C)(CNc1c(C#N)cnc2c(C#N)cc(NC(c3cn(C4(C(F)F)CC4)nn3)c3ccc(F)c4ncccc34)cc12)C(F)(F)F. The summed E-state index contributed by atoms with van der Waals surface area (Å²) in [4.78, 5) is 8.38. The van der Waals surface area contributed by atoms with Crippen molar-refractivity contribution in [3.8, 4) is 12.1 Å². The second-order valence-corrected chi connectivity index (χ2v) is 12.0. The highest BCUT2D eigenvalue weighted by Crippen LogP contribution is 2.48. The zero-order valence-corrected chi connectivity index (χ0v) is 24.9. The lowest BCUT2D eigenvalue weighted by atomic mass is 9.92. The van der Waals surface area contributed by atoms with E-state index in [0.29, 0.717) is 10.9 Å². The van der Waals surface area contributed by atoms with Gasteiger partial charge in [-0.1, -0.05) is 17.3 Å². The third-order valence-electron chi connectivity index (χ3n) is 8.49. The van der Waals surface area contributed by atoms with E-state index in [-0.39, 0.29) is 57.5 Å². The third kappa shape index (κ3) is 5.52. The van der Waals surface area contributed by atoms with Crippen LogP contribution in [-0.4, -0.2) is 44.1 Å². The van der Waals surface area contributed by atoms with Crippen molar-refractivity contribution in [3.05, 3.63) is 83.2 Å². The van der Waals surface area contributed by atoms with Gasteiger partial charge in [0.2, 0.25) is 0 Å². The van der Waals surface area contributed by atoms with E-state index in [9.17, 15) is 36.9 Å². The number of alkyl halides is 5. The highest BCUT2D eigenvalue weighted by molar-refractivity contribution is 5.99. The molecule has 2 aromatic carbocycles. The van der Waals surface area contributed by atoms with Crippen LogP contribution < -0.4 is 10.6 Å². The second-order valence-electron chi connectivity index (χ2n) is 12.0. The van der Waals surface area contributed by atoms with Crippen molar-refractivity contribution in [1.29, 1.82) is 10.5 Å². The van der Waals surface area contributed by atoms with Crippen LogP contribution in [0.5, 0.6) is 0 Å². The van der Waals surface area contributed by atoms with Gasteiger partial charge < -0.3 is 10.6 Å². The Bertz CT molecular complexity index is 2090. The van der Waals surface area contributed by atoms with E-state index >= 15 is 0 Å². The van der Waals surface area contributed by atoms with Crippen LogP contribution in [0.15, 0.2) is 55.0 Å². The molecule has 6 rings (SSSR count). The molecular formula is C32H25F6N9. The summed E-state index contributed by atoms with van der Waals surface area (Å²) in [6.45, 7) is 1.45. The molecule has 1 saturated carbocycles. The van der Waals surface area contributed by atoms with Crippen molar-refractivity contribution in [1.82, 2.24) is 25.0 Å². The molecule has 3 aromatic heterocycles. The van der Waals surface area contributed by atoms with Gasteiger partial charge in [-0.2, -0.15) is 23.7 Å². The van der Waals surface area contributed by atoms with Gasteiger partial charge in [0.05, 0.1) is 40.0 Å². The minimum Gasteiger partial charge on any atom is -0.382 e. The smallest absolute Gasteiger partial charge is 0.382 e. The molecule has 0 aliphatic heterocycles. The lowest BCUT2D eigenvalue weighted by Gasteiger charge is -2.28. The quantitative estimate of drug-likeness (QED) is 0.160. The summed E-state index contributed by atoms with van der Waals surface area (Å²) in [5.74, 6) is -0.591. The number of halogens is 6. The summed E-state index contributed by atoms with van der Waals surface area (Å²) in [7, 11) is 0. The average Bonchev–Trinajstić information content (AvgIpc) is 3.72. The van der Waals surface area contributed by atoms with Gasteiger partial charge in [0, 0.05) is 35.4 Å². The normalized spacial score (nSPS) is 15.0. The molecule has 1 aliphatic rings. The molecule has 1 fully saturated rings. The Hall–Kier alpha value is -5.44. The fourth-order valence-electron chi connectivity index (χ4n) is 5.35. The Morgan fingerprint density at radius 1 is 1.00 bits per heavy atom. The summed E-state index contributed by atoms with van der Waals surface area (Å²) in [5.41, 5.74) is -2.54. The minimum atomic E-state index is -4.55. The number of hydrogen-bond donors (Lipinski definition) is 2. The van der Waals surface area contributed by atoms with Gasteiger partial charge in [0.1, 0.15) is 34.7 Å². The van der Waals surface area contributed by atoms with E-state index in [1.165, 1.54) is 42.9 Å². The van der Waals surface area contributed by atoms with Crippen molar-refractivity contribution in [3.63, 3.8) is 0 Å². The highest BCUT2D eigenvalue weighted by atomic mass is 19.4. The molecule has 1 unspecified atom stereocenters. The zero-order valence-electron chi connectivity index (χ0n) is 24.9. The predicted molar refractivity (Wildman–Crippen MR) is 160 cm³/mol. The van der Waals surface area contributed by atoms with E-state index in [0.717, 1.165) is 18.5 Å². The fourth-order valence-corrected chi connectivity index (χ4v) is 5.35. The molecular weight excluding hydrogens is 624 g/mol. The van der Waals surface area contributed by atoms with Crippen molar-refractivity contribution in [2.45, 2.75) is 50.9 Å². The molecule has 1 aliphatic carbocycles. The number of nitrogens with one attached hydrogen (secondary N) is 2. The van der Waals surface area contributed by atoms with Crippen LogP contribution in [-0.2, 0) is 5.54 Å². The number of fused-ring (bicyclic) bond motifs is 2. The molecule has 15 heteroatoms. The zero-order chi connectivity index (χ0) is 33.7. The number of aromatic nitrogens is 5. The Balaban J connectivity index is 1.50. The number of anilines is 2. The summed E-state index contributed by atoms with van der Waals surface area (Å²) < 4.78 is 84.9. The average molecular weight is 650 g/mol. The third-order valence-corrected chi connectivity index (χ3v) is 8.49. The molecule has 0 spiro atoms. The Morgan fingerprint density at radius 3 is 2.40 bits per heavy atom. The van der Waals surface area contributed by atoms with Crippen LogP contribution in [0.3, 0.4) is 0 Å². The Morgan fingerprint density at radius 2 is 1.74 bits per heavy atom. The first-order valence-corrected chi connectivity index (χ1v) is 14.4. The molecule has 5 aromatic rings. The van der Waals surface area contributed by atoms with Crippen LogP contribution in [0.2, 0.25) is 0 Å². The van der Waals surface area contributed by atoms with Crippen LogP contribution >= 0.6 is 0 Å². The van der Waals surface area contributed by atoms with Gasteiger partial charge in [-0.25, -0.2) is 17.9 Å². The van der Waals surface area contributed by atoms with Crippen LogP contribution in [0.4, 0.5) is 37.7 Å². The Kier molecular flexibility index (Phi) is 7.66. The van der Waals surface area contributed by atoms with Crippen molar-refractivity contribution >= 4 is 33.2 Å². The summed E-state index contributed by atoms with van der Waals surface area (Å²) in [6, 6.07) is 11.9. The minimum absolute atomic E-state index is 0.0373. The van der Waals surface area contributed by atoms with E-state index < -0.39 is 42.0 Å². The van der Waals surface area contributed by atoms with Crippen molar-refractivity contribution in [2.75, 3.05) is 17.2 Å². The first-order chi connectivity index (χ1) is 22.3. The highest BCUT2D eigenvalue weighted by Gasteiger charge is 2.54. The Labute approximate surface area is 263 Å². The molecule has 240 valence electrons. The topological polar surface area (TPSA) is 128 Å². The van der Waals surface area contributed by atoms with Crippen molar-refractivity contribution in [2.24, 2.45) is 5.41 Å². The van der Waals surface area contributed by atoms with E-state index in [1.54, 1.807) is 12.1 Å². The molecule has 0 saturated heterocycles. The van der Waals surface area contributed by atoms with Gasteiger partial charge in [0.25, 0.3) is 6.43 Å². The van der Waals surface area contributed by atoms with E-state index in [4.69, 9.17) is 0 Å². The lowest BCUT2D eigenvalue weighted by molar-refractivity contribution is -0.206. The van der Waals surface area contributed by atoms with E-state index in [2.05, 4.69) is 30.9 Å². The lowest BCUT2D eigenvalue weighted by Crippen LogP contribution is -2.38. The van der Waals surface area contributed by atoms with Gasteiger partial charge >= 0.3 is 6.18 Å². The van der Waals surface area contributed by atoms with E-state index in [1.807, 2.05) is 12.1 Å². The van der Waals surface area contributed by atoms with Crippen LogP contribution in [0, 0.1) is 33.9 Å². The van der Waals surface area contributed by atoms with Crippen molar-refractivity contribution < 1.29 is 26.3 Å². The predicted octanol–water partition coefficient (Wildman–Crippen LogP) is 7.21. The number of rotatable bonds is 9. The number of benzene rings is 2. The molecule has 9 nitrogen and oxygen atoms in total. The van der Waals surface area contributed by atoms with Crippen LogP contribution in [0.25, 0.3) is 21.8 Å². The maximum absolute atomic E-state index is 14.8. The van der Waals surface area contributed by atoms with Gasteiger partial charge in [-0.15, -0.1) is 5.10 Å². The molecule has 2 N–H and O–H groups in total. The fraction of sp³-hybridized carbons (Fsp3) is 0.312. The monoisotopic (exact) mass is 649 g/mol. The number of pyridine rings is 2. The number of nitrogens with zero attached hydrogens (tertiary/aromatic N) is 7. The van der Waals surface area contributed by atoms with Crippen LogP contribution in [0.1, 0.15) is 55.1 Å². The van der Waals surface area contributed by atoms with Gasteiger partial charge in [0.15, 0.2) is 0 Å². The number of hydrogen-bond acceptors (Lipinski definition) is 8. The first kappa shape index (κ1) is 31.5. The van der Waals surface area contributed by atoms with Gasteiger partial charge in [-0.3, -0.25) is 9.97 Å². The molecule has 0 bridgehead atoms. The van der Waals surface area contributed by atoms with Gasteiger partial charge in [-0.05, 0) is 56.5 Å². The molecule has 3 heterocycles. The maximum atomic E-state index is 14.8. The number of nitriles is 2.